The van der Waals surface area contributed by atoms with Crippen LogP contribution in [0.4, 0.5) is 4.79 Å². The highest BCUT2D eigenvalue weighted by Gasteiger charge is 2.22. The number of benzene rings is 2. The molecule has 0 bridgehead atoms. The highest BCUT2D eigenvalue weighted by molar-refractivity contribution is 5.89. The average molecular weight is 448 g/mol. The van der Waals surface area contributed by atoms with Crippen molar-refractivity contribution in [2.45, 2.75) is 54.3 Å². The summed E-state index contributed by atoms with van der Waals surface area (Å²) in [6, 6.07) is 16.1. The van der Waals surface area contributed by atoms with Crippen LogP contribution in [0.3, 0.4) is 0 Å². The quantitative estimate of drug-likeness (QED) is 0.458. The molecule has 2 N–H and O–H groups in total. The van der Waals surface area contributed by atoms with E-state index in [-0.39, 0.29) is 12.0 Å². The summed E-state index contributed by atoms with van der Waals surface area (Å²) in [5, 5.41) is 3.04. The van der Waals surface area contributed by atoms with E-state index in [2.05, 4.69) is 10.3 Å². The first kappa shape index (κ1) is 24.1. The fraction of sp³-hybridized carbons (Fsp3) is 0.333. The first-order chi connectivity index (χ1) is 15.8. The molecule has 0 saturated heterocycles. The van der Waals surface area contributed by atoms with E-state index in [0.29, 0.717) is 31.9 Å². The van der Waals surface area contributed by atoms with Crippen LogP contribution >= 0.6 is 0 Å². The molecule has 33 heavy (non-hydrogen) atoms. The maximum absolute atomic E-state index is 13.2. The van der Waals surface area contributed by atoms with E-state index in [0.717, 1.165) is 27.9 Å². The summed E-state index contributed by atoms with van der Waals surface area (Å²) in [5.74, 6) is -0.377. The molecule has 1 aromatic heterocycles. The van der Waals surface area contributed by atoms with E-state index >= 15 is 0 Å². The fourth-order valence-corrected chi connectivity index (χ4v) is 3.73. The molecule has 0 radical (unpaired) electrons. The van der Waals surface area contributed by atoms with Crippen molar-refractivity contribution in [2.24, 2.45) is 0 Å². The first-order valence-corrected chi connectivity index (χ1v) is 11.3. The Bertz CT molecular complexity index is 1100. The maximum Gasteiger partial charge on any atom is 0.355 e. The molecular weight excluding hydrogens is 414 g/mol. The number of aromatic amines is 1. The Morgan fingerprint density at radius 2 is 1.45 bits per heavy atom. The van der Waals surface area contributed by atoms with Crippen LogP contribution in [0.5, 0.6) is 0 Å². The number of H-pyrrole nitrogens is 1. The molecule has 1 heterocycles. The number of aryl methyl sites for hydroxylation is 3. The van der Waals surface area contributed by atoms with Gasteiger partial charge in [0.05, 0.1) is 6.61 Å². The van der Waals surface area contributed by atoms with Crippen molar-refractivity contribution in [1.82, 2.24) is 15.2 Å². The number of hydrogen-bond acceptors (Lipinski definition) is 3. The van der Waals surface area contributed by atoms with Crippen molar-refractivity contribution in [1.29, 1.82) is 0 Å². The first-order valence-electron chi connectivity index (χ1n) is 11.3. The van der Waals surface area contributed by atoms with Crippen molar-refractivity contribution in [3.8, 4) is 0 Å². The SMILES string of the molecule is CCOC(=O)c1[nH]c(C)c(CN(Cc2ccc(C)cc2)C(=O)NCc2ccc(C)cc2)c1C. The molecule has 174 valence electrons. The summed E-state index contributed by atoms with van der Waals surface area (Å²) in [6.07, 6.45) is 0. The summed E-state index contributed by atoms with van der Waals surface area (Å²) >= 11 is 0. The van der Waals surface area contributed by atoms with Gasteiger partial charge in [-0.1, -0.05) is 59.7 Å². The standard InChI is InChI=1S/C27H33N3O3/c1-6-33-26(31)25-20(4)24(21(5)29-25)17-30(16-23-13-9-19(3)10-14-23)27(32)28-15-22-11-7-18(2)8-12-22/h7-14,29H,6,15-17H2,1-5H3,(H,28,32). The van der Waals surface area contributed by atoms with Crippen molar-refractivity contribution >= 4 is 12.0 Å². The number of urea groups is 1. The van der Waals surface area contributed by atoms with E-state index in [9.17, 15) is 9.59 Å². The van der Waals surface area contributed by atoms with Crippen molar-refractivity contribution < 1.29 is 14.3 Å². The number of hydrogen-bond donors (Lipinski definition) is 2. The number of rotatable bonds is 8. The summed E-state index contributed by atoms with van der Waals surface area (Å²) < 4.78 is 5.17. The van der Waals surface area contributed by atoms with Crippen molar-refractivity contribution in [3.63, 3.8) is 0 Å². The zero-order valence-electron chi connectivity index (χ0n) is 20.1. The lowest BCUT2D eigenvalue weighted by atomic mass is 10.1. The third kappa shape index (κ3) is 6.25. The molecule has 3 aromatic rings. The number of nitrogens with one attached hydrogen (secondary N) is 2. The second-order valence-electron chi connectivity index (χ2n) is 8.43. The van der Waals surface area contributed by atoms with Crippen molar-refractivity contribution in [2.75, 3.05) is 6.61 Å². The number of carbonyl (C=O) groups is 2. The predicted molar refractivity (Wildman–Crippen MR) is 130 cm³/mol. The molecule has 0 spiro atoms. The van der Waals surface area contributed by atoms with Gasteiger partial charge < -0.3 is 19.9 Å². The van der Waals surface area contributed by atoms with Crippen molar-refractivity contribution in [3.05, 3.63) is 93.3 Å². The van der Waals surface area contributed by atoms with Gasteiger partial charge in [0, 0.05) is 25.3 Å². The van der Waals surface area contributed by atoms with Crippen LogP contribution in [0.1, 0.15) is 56.5 Å². The van der Waals surface area contributed by atoms with E-state index in [4.69, 9.17) is 4.74 Å². The molecule has 6 heteroatoms. The fourth-order valence-electron chi connectivity index (χ4n) is 3.73. The lowest BCUT2D eigenvalue weighted by molar-refractivity contribution is 0.0519. The minimum absolute atomic E-state index is 0.158. The topological polar surface area (TPSA) is 74.4 Å². The van der Waals surface area contributed by atoms with Crippen LogP contribution in [0.2, 0.25) is 0 Å². The Kier molecular flexibility index (Phi) is 7.93. The smallest absolute Gasteiger partial charge is 0.355 e. The van der Waals surface area contributed by atoms with Gasteiger partial charge in [0.25, 0.3) is 0 Å². The molecule has 0 atom stereocenters. The minimum Gasteiger partial charge on any atom is -0.461 e. The highest BCUT2D eigenvalue weighted by atomic mass is 16.5. The number of carbonyl (C=O) groups excluding carboxylic acids is 2. The van der Waals surface area contributed by atoms with Crippen LogP contribution in [0.15, 0.2) is 48.5 Å². The number of nitrogens with zero attached hydrogens (tertiary/aromatic N) is 1. The van der Waals surface area contributed by atoms with Gasteiger partial charge in [-0.3, -0.25) is 0 Å². The lowest BCUT2D eigenvalue weighted by Gasteiger charge is -2.24. The zero-order chi connectivity index (χ0) is 24.0. The van der Waals surface area contributed by atoms with E-state index in [1.165, 1.54) is 11.1 Å². The van der Waals surface area contributed by atoms with Crippen LogP contribution in [-0.4, -0.2) is 28.5 Å². The molecule has 0 aliphatic rings. The van der Waals surface area contributed by atoms with Gasteiger partial charge in [0.2, 0.25) is 0 Å². The molecule has 0 aliphatic carbocycles. The molecule has 0 aliphatic heterocycles. The summed E-state index contributed by atoms with van der Waals surface area (Å²) in [4.78, 5) is 30.5. The van der Waals surface area contributed by atoms with E-state index in [1.54, 1.807) is 11.8 Å². The second kappa shape index (κ2) is 10.9. The molecule has 2 amide bonds. The van der Waals surface area contributed by atoms with E-state index in [1.807, 2.05) is 76.2 Å². The Hall–Kier alpha value is -3.54. The third-order valence-corrected chi connectivity index (χ3v) is 5.77. The summed E-state index contributed by atoms with van der Waals surface area (Å²) in [5.41, 5.74) is 7.48. The van der Waals surface area contributed by atoms with Gasteiger partial charge in [-0.15, -0.1) is 0 Å². The maximum atomic E-state index is 13.2. The predicted octanol–water partition coefficient (Wildman–Crippen LogP) is 5.34. The summed E-state index contributed by atoms with van der Waals surface area (Å²) in [6.45, 7) is 11.3. The van der Waals surface area contributed by atoms with Gasteiger partial charge in [0.15, 0.2) is 0 Å². The molecule has 0 saturated carbocycles. The normalized spacial score (nSPS) is 10.7. The summed E-state index contributed by atoms with van der Waals surface area (Å²) in [7, 11) is 0. The lowest BCUT2D eigenvalue weighted by Crippen LogP contribution is -2.39. The highest BCUT2D eigenvalue weighted by Crippen LogP contribution is 2.22. The Balaban J connectivity index is 1.82. The molecule has 3 rings (SSSR count). The Morgan fingerprint density at radius 3 is 2.03 bits per heavy atom. The molecular formula is C27H33N3O3. The number of aromatic nitrogens is 1. The second-order valence-corrected chi connectivity index (χ2v) is 8.43. The monoisotopic (exact) mass is 447 g/mol. The minimum atomic E-state index is -0.377. The average Bonchev–Trinajstić information content (AvgIpc) is 3.08. The zero-order valence-corrected chi connectivity index (χ0v) is 20.1. The number of ether oxygens (including phenoxy) is 1. The van der Waals surface area contributed by atoms with Crippen LogP contribution in [0, 0.1) is 27.7 Å². The molecule has 0 fully saturated rings. The van der Waals surface area contributed by atoms with Crippen LogP contribution in [0.25, 0.3) is 0 Å². The van der Waals surface area contributed by atoms with Crippen LogP contribution < -0.4 is 5.32 Å². The Labute approximate surface area is 196 Å². The van der Waals surface area contributed by atoms with Crippen LogP contribution in [-0.2, 0) is 24.4 Å². The number of amides is 2. The molecule has 2 aromatic carbocycles. The third-order valence-electron chi connectivity index (χ3n) is 5.77. The van der Waals surface area contributed by atoms with Gasteiger partial charge >= 0.3 is 12.0 Å². The Morgan fingerprint density at radius 1 is 0.879 bits per heavy atom. The van der Waals surface area contributed by atoms with E-state index < -0.39 is 0 Å². The largest absolute Gasteiger partial charge is 0.461 e. The van der Waals surface area contributed by atoms with Gasteiger partial charge in [-0.05, 0) is 56.9 Å². The number of esters is 1. The van der Waals surface area contributed by atoms with Gasteiger partial charge in [-0.2, -0.15) is 0 Å². The van der Waals surface area contributed by atoms with Gasteiger partial charge in [-0.25, -0.2) is 9.59 Å². The molecule has 6 nitrogen and oxygen atoms in total. The van der Waals surface area contributed by atoms with Gasteiger partial charge in [0.1, 0.15) is 5.69 Å². The molecule has 0 unspecified atom stereocenters.